The summed E-state index contributed by atoms with van der Waals surface area (Å²) in [5.74, 6) is -1.97. The molecule has 0 aliphatic rings. The Bertz CT molecular complexity index is 507. The first-order valence-electron chi connectivity index (χ1n) is 4.97. The van der Waals surface area contributed by atoms with E-state index in [4.69, 9.17) is 4.74 Å². The fraction of sp³-hybridized carbons (Fsp3) is 0.400. The van der Waals surface area contributed by atoms with Gasteiger partial charge in [0.15, 0.2) is 0 Å². The van der Waals surface area contributed by atoms with Crippen LogP contribution in [-0.2, 0) is 19.5 Å². The van der Waals surface area contributed by atoms with Gasteiger partial charge in [-0.05, 0) is 25.1 Å². The Morgan fingerprint density at radius 2 is 2.06 bits per heavy atom. The quantitative estimate of drug-likeness (QED) is 0.735. The molecule has 0 saturated heterocycles. The summed E-state index contributed by atoms with van der Waals surface area (Å²) in [6, 6.07) is 2.07. The van der Waals surface area contributed by atoms with Gasteiger partial charge in [0.1, 0.15) is 16.5 Å². The lowest BCUT2D eigenvalue weighted by Gasteiger charge is -2.14. The van der Waals surface area contributed by atoms with Crippen molar-refractivity contribution in [2.24, 2.45) is 0 Å². The molecule has 0 aliphatic carbocycles. The van der Waals surface area contributed by atoms with Crippen molar-refractivity contribution in [1.29, 1.82) is 0 Å². The largest absolute Gasteiger partial charge is 0.341 e. The van der Waals surface area contributed by atoms with Gasteiger partial charge in [-0.2, -0.15) is 0 Å². The van der Waals surface area contributed by atoms with Gasteiger partial charge >= 0.3 is 0 Å². The summed E-state index contributed by atoms with van der Waals surface area (Å²) in [5.41, 5.74) is 0. The molecule has 0 heterocycles. The molecule has 101 valence electrons. The number of sulfonamides is 1. The summed E-state index contributed by atoms with van der Waals surface area (Å²) >= 11 is 0. The average molecular weight is 280 g/mol. The minimum absolute atomic E-state index is 0.156. The minimum atomic E-state index is -4.39. The van der Waals surface area contributed by atoms with E-state index < -0.39 is 33.0 Å². The van der Waals surface area contributed by atoms with Gasteiger partial charge in [-0.3, -0.25) is 0 Å². The van der Waals surface area contributed by atoms with Gasteiger partial charge in [0.25, 0.3) is 10.0 Å². The van der Waals surface area contributed by atoms with Crippen LogP contribution in [0.5, 0.6) is 0 Å². The van der Waals surface area contributed by atoms with Crippen molar-refractivity contribution in [3.63, 3.8) is 0 Å². The molecule has 1 aromatic rings. The number of hydrogen-bond donors (Lipinski definition) is 0. The van der Waals surface area contributed by atoms with Crippen LogP contribution >= 0.6 is 0 Å². The Morgan fingerprint density at radius 3 is 2.61 bits per heavy atom. The van der Waals surface area contributed by atoms with Crippen LogP contribution in [0.1, 0.15) is 6.92 Å². The normalized spacial score (nSPS) is 13.6. The SMILES string of the molecule is CCOC([N]S(=O)(=O)c1cc(F)ccc1F)OC. The van der Waals surface area contributed by atoms with E-state index in [1.807, 2.05) is 0 Å². The lowest BCUT2D eigenvalue weighted by Crippen LogP contribution is -2.32. The van der Waals surface area contributed by atoms with Gasteiger partial charge in [-0.25, -0.2) is 17.2 Å². The van der Waals surface area contributed by atoms with Crippen molar-refractivity contribution in [2.45, 2.75) is 18.2 Å². The van der Waals surface area contributed by atoms with E-state index in [2.05, 4.69) is 9.46 Å². The molecule has 18 heavy (non-hydrogen) atoms. The van der Waals surface area contributed by atoms with Crippen molar-refractivity contribution >= 4 is 10.0 Å². The van der Waals surface area contributed by atoms with Gasteiger partial charge in [0, 0.05) is 13.7 Å². The molecule has 5 nitrogen and oxygen atoms in total. The monoisotopic (exact) mass is 280 g/mol. The lowest BCUT2D eigenvalue weighted by molar-refractivity contribution is -0.128. The van der Waals surface area contributed by atoms with Crippen LogP contribution in [0.15, 0.2) is 23.1 Å². The lowest BCUT2D eigenvalue weighted by atomic mass is 10.3. The molecule has 0 N–H and O–H groups in total. The van der Waals surface area contributed by atoms with Gasteiger partial charge in [0.05, 0.1) is 0 Å². The third-order valence-corrected chi connectivity index (χ3v) is 3.23. The number of ether oxygens (including phenoxy) is 2. The van der Waals surface area contributed by atoms with Crippen molar-refractivity contribution in [3.05, 3.63) is 29.8 Å². The summed E-state index contributed by atoms with van der Waals surface area (Å²) < 4.78 is 62.3. The summed E-state index contributed by atoms with van der Waals surface area (Å²) in [7, 11) is -3.21. The minimum Gasteiger partial charge on any atom is -0.341 e. The van der Waals surface area contributed by atoms with Crippen molar-refractivity contribution < 1.29 is 26.7 Å². The highest BCUT2D eigenvalue weighted by molar-refractivity contribution is 7.89. The van der Waals surface area contributed by atoms with Crippen molar-refractivity contribution in [2.75, 3.05) is 13.7 Å². The number of benzene rings is 1. The highest BCUT2D eigenvalue weighted by Crippen LogP contribution is 2.17. The van der Waals surface area contributed by atoms with Crippen LogP contribution in [0.2, 0.25) is 0 Å². The van der Waals surface area contributed by atoms with Crippen LogP contribution in [0.3, 0.4) is 0 Å². The first-order valence-corrected chi connectivity index (χ1v) is 6.41. The van der Waals surface area contributed by atoms with Crippen LogP contribution in [0, 0.1) is 11.6 Å². The first kappa shape index (κ1) is 15.0. The van der Waals surface area contributed by atoms with E-state index in [1.54, 1.807) is 6.92 Å². The number of halogens is 2. The van der Waals surface area contributed by atoms with E-state index in [1.165, 1.54) is 7.11 Å². The second-order valence-corrected chi connectivity index (χ2v) is 4.75. The fourth-order valence-electron chi connectivity index (χ4n) is 1.13. The molecular formula is C10H12F2NO4S. The Kier molecular flexibility index (Phi) is 5.15. The summed E-state index contributed by atoms with van der Waals surface area (Å²) in [4.78, 5) is -0.857. The molecule has 0 saturated carbocycles. The summed E-state index contributed by atoms with van der Waals surface area (Å²) in [6.07, 6.45) is -1.39. The van der Waals surface area contributed by atoms with Crippen LogP contribution < -0.4 is 4.72 Å². The Morgan fingerprint density at radius 1 is 1.39 bits per heavy atom. The van der Waals surface area contributed by atoms with Gasteiger partial charge < -0.3 is 9.47 Å². The second-order valence-electron chi connectivity index (χ2n) is 3.15. The van der Waals surface area contributed by atoms with Crippen LogP contribution in [0.25, 0.3) is 0 Å². The number of nitrogens with zero attached hydrogens (tertiary/aromatic N) is 1. The first-order chi connectivity index (χ1) is 8.40. The van der Waals surface area contributed by atoms with E-state index in [0.29, 0.717) is 12.1 Å². The molecular weight excluding hydrogens is 268 g/mol. The molecule has 0 bridgehead atoms. The maximum atomic E-state index is 13.3. The molecule has 1 unspecified atom stereocenters. The smallest absolute Gasteiger partial charge is 0.264 e. The van der Waals surface area contributed by atoms with Crippen LogP contribution in [0.4, 0.5) is 8.78 Å². The maximum absolute atomic E-state index is 13.3. The Hall–Kier alpha value is -1.09. The molecule has 1 rings (SSSR count). The molecule has 8 heteroatoms. The predicted molar refractivity (Wildman–Crippen MR) is 58.1 cm³/mol. The standard InChI is InChI=1S/C10H12F2NO4S/c1-3-17-10(16-2)13-18(14,15)9-6-7(11)4-5-8(9)12/h4-6,10H,3H2,1-2H3. The third kappa shape index (κ3) is 3.70. The Labute approximate surface area is 104 Å². The van der Waals surface area contributed by atoms with E-state index in [9.17, 15) is 17.2 Å². The zero-order valence-electron chi connectivity index (χ0n) is 9.76. The molecule has 1 aromatic carbocycles. The second kappa shape index (κ2) is 6.19. The Balaban J connectivity index is 3.02. The van der Waals surface area contributed by atoms with E-state index in [0.717, 1.165) is 6.07 Å². The molecule has 0 amide bonds. The average Bonchev–Trinajstić information content (AvgIpc) is 2.31. The highest BCUT2D eigenvalue weighted by atomic mass is 32.2. The topological polar surface area (TPSA) is 66.7 Å². The highest BCUT2D eigenvalue weighted by Gasteiger charge is 2.26. The zero-order valence-corrected chi connectivity index (χ0v) is 10.6. The molecule has 0 aliphatic heterocycles. The summed E-state index contributed by atoms with van der Waals surface area (Å²) in [5, 5.41) is 0. The van der Waals surface area contributed by atoms with Crippen molar-refractivity contribution in [3.8, 4) is 0 Å². The summed E-state index contributed by atoms with van der Waals surface area (Å²) in [6.45, 7) is 1.76. The zero-order chi connectivity index (χ0) is 13.8. The molecule has 1 radical (unpaired) electrons. The number of hydrogen-bond acceptors (Lipinski definition) is 4. The third-order valence-electron chi connectivity index (χ3n) is 1.91. The number of rotatable bonds is 6. The van der Waals surface area contributed by atoms with Gasteiger partial charge in [0.2, 0.25) is 6.41 Å². The van der Waals surface area contributed by atoms with Gasteiger partial charge in [-0.15, -0.1) is 0 Å². The molecule has 0 fully saturated rings. The molecule has 1 atom stereocenters. The molecule has 0 aromatic heterocycles. The fourth-order valence-corrected chi connectivity index (χ4v) is 2.19. The maximum Gasteiger partial charge on any atom is 0.264 e. The molecule has 0 spiro atoms. The van der Waals surface area contributed by atoms with Crippen LogP contribution in [-0.4, -0.2) is 28.5 Å². The van der Waals surface area contributed by atoms with E-state index >= 15 is 0 Å². The predicted octanol–water partition coefficient (Wildman–Crippen LogP) is 1.22. The number of methoxy groups -OCH3 is 1. The van der Waals surface area contributed by atoms with E-state index in [-0.39, 0.29) is 6.61 Å². The van der Waals surface area contributed by atoms with Crippen molar-refractivity contribution in [1.82, 2.24) is 4.72 Å². The van der Waals surface area contributed by atoms with Gasteiger partial charge in [-0.1, -0.05) is 4.72 Å².